The number of benzene rings is 1. The lowest BCUT2D eigenvalue weighted by atomic mass is 10.0. The summed E-state index contributed by atoms with van der Waals surface area (Å²) in [5, 5.41) is 0.461. The van der Waals surface area contributed by atoms with Crippen LogP contribution in [-0.4, -0.2) is 32.3 Å². The number of aryl methyl sites for hydroxylation is 1. The van der Waals surface area contributed by atoms with Gasteiger partial charge in [-0.05, 0) is 49.4 Å². The molecule has 0 saturated carbocycles. The maximum atomic E-state index is 13.5. The molecule has 5 rings (SSSR count). The molecule has 32 heavy (non-hydrogen) atoms. The van der Waals surface area contributed by atoms with E-state index in [2.05, 4.69) is 15.0 Å². The average Bonchev–Trinajstić information content (AvgIpc) is 3.38. The number of amides is 1. The molecule has 1 N–H and O–H groups in total. The summed E-state index contributed by atoms with van der Waals surface area (Å²) >= 11 is 1.24. The van der Waals surface area contributed by atoms with E-state index in [1.54, 1.807) is 24.1 Å². The molecule has 0 spiro atoms. The highest BCUT2D eigenvalue weighted by molar-refractivity contribution is 7.20. The quantitative estimate of drug-likeness (QED) is 0.496. The second-order valence-electron chi connectivity index (χ2n) is 7.95. The van der Waals surface area contributed by atoms with Gasteiger partial charge in [-0.1, -0.05) is 12.1 Å². The van der Waals surface area contributed by atoms with Crippen molar-refractivity contribution in [1.29, 1.82) is 0 Å². The Morgan fingerprint density at radius 1 is 1.34 bits per heavy atom. The second-order valence-corrected chi connectivity index (χ2v) is 8.95. The van der Waals surface area contributed by atoms with Crippen LogP contribution < -0.4 is 5.56 Å². The molecule has 1 aliphatic rings. The summed E-state index contributed by atoms with van der Waals surface area (Å²) in [6.45, 7) is 2.37. The van der Waals surface area contributed by atoms with Gasteiger partial charge in [0.05, 0.1) is 22.8 Å². The molecule has 1 aliphatic heterocycles. The summed E-state index contributed by atoms with van der Waals surface area (Å²) in [6.07, 6.45) is 6.02. The zero-order valence-electron chi connectivity index (χ0n) is 17.4. The van der Waals surface area contributed by atoms with E-state index in [1.807, 2.05) is 6.07 Å². The van der Waals surface area contributed by atoms with Crippen molar-refractivity contribution in [2.24, 2.45) is 0 Å². The number of thiophene rings is 1. The Balaban J connectivity index is 1.43. The van der Waals surface area contributed by atoms with E-state index in [9.17, 15) is 14.0 Å². The Hall–Kier alpha value is -3.33. The number of nitrogens with one attached hydrogen (secondary N) is 1. The third-order valence-corrected chi connectivity index (χ3v) is 7.00. The number of carbonyl (C=O) groups excluding carboxylic acids is 1. The third kappa shape index (κ3) is 3.73. The van der Waals surface area contributed by atoms with Crippen molar-refractivity contribution < 1.29 is 13.6 Å². The summed E-state index contributed by atoms with van der Waals surface area (Å²) in [4.78, 5) is 39.8. The predicted octanol–water partition coefficient (Wildman–Crippen LogP) is 4.38. The predicted molar refractivity (Wildman–Crippen MR) is 118 cm³/mol. The number of hydrogen-bond donors (Lipinski definition) is 1. The number of carbonyl (C=O) groups is 1. The van der Waals surface area contributed by atoms with Crippen LogP contribution in [0.5, 0.6) is 0 Å². The molecule has 4 heterocycles. The third-order valence-electron chi connectivity index (χ3n) is 5.81. The van der Waals surface area contributed by atoms with E-state index in [0.717, 1.165) is 24.8 Å². The summed E-state index contributed by atoms with van der Waals surface area (Å²) < 4.78 is 19.5. The van der Waals surface area contributed by atoms with Gasteiger partial charge in [-0.15, -0.1) is 11.3 Å². The fraction of sp³-hybridized carbons (Fsp3) is 0.304. The normalized spacial score (nSPS) is 16.6. The van der Waals surface area contributed by atoms with Gasteiger partial charge in [0, 0.05) is 13.0 Å². The van der Waals surface area contributed by atoms with Crippen LogP contribution in [0.3, 0.4) is 0 Å². The van der Waals surface area contributed by atoms with Crippen LogP contribution in [0.25, 0.3) is 10.2 Å². The first-order chi connectivity index (χ1) is 15.5. The van der Waals surface area contributed by atoms with Crippen LogP contribution in [0.2, 0.25) is 0 Å². The van der Waals surface area contributed by atoms with Crippen molar-refractivity contribution >= 4 is 27.5 Å². The first kappa shape index (κ1) is 20.6. The Bertz CT molecular complexity index is 1360. The van der Waals surface area contributed by atoms with Crippen molar-refractivity contribution in [3.63, 3.8) is 0 Å². The number of fused-ring (bicyclic) bond motifs is 1. The van der Waals surface area contributed by atoms with Crippen LogP contribution in [-0.2, 0) is 6.42 Å². The summed E-state index contributed by atoms with van der Waals surface area (Å²) in [5.74, 6) is 0.675. The molecule has 7 nitrogen and oxygen atoms in total. The summed E-state index contributed by atoms with van der Waals surface area (Å²) in [6, 6.07) is 6.09. The van der Waals surface area contributed by atoms with E-state index in [-0.39, 0.29) is 23.3 Å². The molecule has 3 aromatic heterocycles. The summed E-state index contributed by atoms with van der Waals surface area (Å²) in [7, 11) is 0. The SMILES string of the molecule is Cc1c(C(=O)N2CCCC[C@@H]2c2ncc(Cc3cccc(F)c3)o2)sc2nc[nH]c(=O)c12. The van der Waals surface area contributed by atoms with E-state index >= 15 is 0 Å². The number of rotatable bonds is 4. The molecule has 1 atom stereocenters. The van der Waals surface area contributed by atoms with Crippen molar-refractivity contribution in [1.82, 2.24) is 19.9 Å². The van der Waals surface area contributed by atoms with Crippen LogP contribution in [0, 0.1) is 12.7 Å². The first-order valence-corrected chi connectivity index (χ1v) is 11.3. The van der Waals surface area contributed by atoms with Crippen LogP contribution in [0.4, 0.5) is 4.39 Å². The van der Waals surface area contributed by atoms with Gasteiger partial charge in [-0.25, -0.2) is 14.4 Å². The van der Waals surface area contributed by atoms with Gasteiger partial charge in [0.2, 0.25) is 5.89 Å². The number of hydrogen-bond acceptors (Lipinski definition) is 6. The van der Waals surface area contributed by atoms with Crippen molar-refractivity contribution in [2.75, 3.05) is 6.54 Å². The molecule has 0 unspecified atom stereocenters. The summed E-state index contributed by atoms with van der Waals surface area (Å²) in [5.41, 5.74) is 1.20. The van der Waals surface area contributed by atoms with Gasteiger partial charge in [-0.3, -0.25) is 9.59 Å². The Labute approximate surface area is 186 Å². The van der Waals surface area contributed by atoms with Crippen molar-refractivity contribution in [3.05, 3.63) is 80.6 Å². The number of aromatic nitrogens is 3. The lowest BCUT2D eigenvalue weighted by Crippen LogP contribution is -2.38. The highest BCUT2D eigenvalue weighted by atomic mass is 32.1. The molecule has 0 bridgehead atoms. The van der Waals surface area contributed by atoms with Crippen molar-refractivity contribution in [3.8, 4) is 0 Å². The van der Waals surface area contributed by atoms with Gasteiger partial charge in [0.15, 0.2) is 0 Å². The number of aromatic amines is 1. The van der Waals surface area contributed by atoms with E-state index < -0.39 is 0 Å². The molecule has 1 aromatic carbocycles. The van der Waals surface area contributed by atoms with Gasteiger partial charge in [0.1, 0.15) is 22.4 Å². The molecular weight excluding hydrogens is 431 g/mol. The van der Waals surface area contributed by atoms with Gasteiger partial charge in [0.25, 0.3) is 11.5 Å². The van der Waals surface area contributed by atoms with Crippen LogP contribution in [0.15, 0.2) is 46.0 Å². The number of H-pyrrole nitrogens is 1. The number of piperidine rings is 1. The minimum Gasteiger partial charge on any atom is -0.443 e. The molecule has 1 fully saturated rings. The smallest absolute Gasteiger partial charge is 0.264 e. The monoisotopic (exact) mass is 452 g/mol. The van der Waals surface area contributed by atoms with Crippen molar-refractivity contribution in [2.45, 2.75) is 38.6 Å². The molecule has 9 heteroatoms. The molecule has 1 saturated heterocycles. The van der Waals surface area contributed by atoms with E-state index in [1.165, 1.54) is 29.8 Å². The largest absolute Gasteiger partial charge is 0.443 e. The molecule has 4 aromatic rings. The Morgan fingerprint density at radius 3 is 3.03 bits per heavy atom. The number of likely N-dealkylation sites (tertiary alicyclic amines) is 1. The van der Waals surface area contributed by atoms with E-state index in [0.29, 0.717) is 45.3 Å². The minimum atomic E-state index is -0.293. The zero-order valence-corrected chi connectivity index (χ0v) is 18.2. The topological polar surface area (TPSA) is 92.1 Å². The molecular formula is C23H21FN4O3S. The molecule has 0 radical (unpaired) electrons. The van der Waals surface area contributed by atoms with Crippen LogP contribution >= 0.6 is 11.3 Å². The van der Waals surface area contributed by atoms with Crippen LogP contribution in [0.1, 0.15) is 57.8 Å². The highest BCUT2D eigenvalue weighted by Crippen LogP contribution is 2.35. The van der Waals surface area contributed by atoms with Gasteiger partial charge in [-0.2, -0.15) is 0 Å². The average molecular weight is 453 g/mol. The second kappa shape index (κ2) is 8.31. The maximum Gasteiger partial charge on any atom is 0.264 e. The number of oxazole rings is 1. The van der Waals surface area contributed by atoms with E-state index in [4.69, 9.17) is 4.42 Å². The minimum absolute atomic E-state index is 0.139. The molecule has 164 valence electrons. The molecule has 0 aliphatic carbocycles. The zero-order chi connectivity index (χ0) is 22.2. The number of nitrogens with zero attached hydrogens (tertiary/aromatic N) is 3. The van der Waals surface area contributed by atoms with Gasteiger partial charge >= 0.3 is 0 Å². The number of halogens is 1. The first-order valence-electron chi connectivity index (χ1n) is 10.5. The highest BCUT2D eigenvalue weighted by Gasteiger charge is 2.34. The maximum absolute atomic E-state index is 13.5. The fourth-order valence-corrected chi connectivity index (χ4v) is 5.36. The standard InChI is InChI=1S/C23H21FN4O3S/c1-13-18-20(29)26-12-27-22(18)32-19(13)23(30)28-8-3-2-7-17(28)21-25-11-16(31-21)10-14-5-4-6-15(24)9-14/h4-6,9,11-12,17H,2-3,7-8,10H2,1H3,(H,26,27,29)/t17-/m1/s1. The lowest BCUT2D eigenvalue weighted by Gasteiger charge is -2.33. The fourth-order valence-electron chi connectivity index (χ4n) is 4.25. The van der Waals surface area contributed by atoms with Gasteiger partial charge < -0.3 is 14.3 Å². The Morgan fingerprint density at radius 2 is 2.22 bits per heavy atom. The lowest BCUT2D eigenvalue weighted by molar-refractivity contribution is 0.0574. The molecule has 1 amide bonds. The Kier molecular flexibility index (Phi) is 5.34.